The van der Waals surface area contributed by atoms with Crippen LogP contribution in [0.5, 0.6) is 0 Å². The largest absolute Gasteiger partial charge is 0.359 e. The molecule has 0 saturated carbocycles. The van der Waals surface area contributed by atoms with Crippen molar-refractivity contribution in [2.75, 3.05) is 11.9 Å². The standard InChI is InChI=1S/C16H15N7O/c1-22(16-18-8-14-15(20-16)19-10-23(14)2)9-11-7-13(21-24-11)12-5-3-4-6-17-12/h3-8,10H,9H2,1-2H3. The van der Waals surface area contributed by atoms with Gasteiger partial charge in [-0.15, -0.1) is 0 Å². The molecular formula is C16H15N7O. The summed E-state index contributed by atoms with van der Waals surface area (Å²) in [6, 6.07) is 7.55. The summed E-state index contributed by atoms with van der Waals surface area (Å²) in [6.07, 6.45) is 5.21. The topological polar surface area (TPSA) is 85.8 Å². The van der Waals surface area contributed by atoms with Crippen LogP contribution >= 0.6 is 0 Å². The first-order chi connectivity index (χ1) is 11.7. The van der Waals surface area contributed by atoms with Gasteiger partial charge in [-0.1, -0.05) is 11.2 Å². The number of aromatic nitrogens is 6. The first-order valence-corrected chi connectivity index (χ1v) is 7.43. The van der Waals surface area contributed by atoms with Crippen LogP contribution in [-0.2, 0) is 13.6 Å². The Morgan fingerprint density at radius 3 is 2.92 bits per heavy atom. The number of aryl methyl sites for hydroxylation is 1. The molecule has 0 bridgehead atoms. The second-order valence-electron chi connectivity index (χ2n) is 5.48. The molecule has 4 heterocycles. The SMILES string of the molecule is CN(Cc1cc(-c2ccccn2)no1)c1ncc2c(ncn2C)n1. The first kappa shape index (κ1) is 14.3. The zero-order chi connectivity index (χ0) is 16.5. The molecule has 8 nitrogen and oxygen atoms in total. The molecule has 0 aromatic carbocycles. The van der Waals surface area contributed by atoms with Crippen LogP contribution in [0.2, 0.25) is 0 Å². The number of rotatable bonds is 4. The molecule has 0 unspecified atom stereocenters. The maximum atomic E-state index is 5.40. The van der Waals surface area contributed by atoms with E-state index in [1.54, 1.807) is 18.7 Å². The van der Waals surface area contributed by atoms with E-state index in [0.717, 1.165) is 11.2 Å². The van der Waals surface area contributed by atoms with Crippen molar-refractivity contribution < 1.29 is 4.52 Å². The summed E-state index contributed by atoms with van der Waals surface area (Å²) >= 11 is 0. The number of hydrogen-bond donors (Lipinski definition) is 0. The maximum absolute atomic E-state index is 5.40. The number of pyridine rings is 1. The van der Waals surface area contributed by atoms with Gasteiger partial charge < -0.3 is 14.0 Å². The Hall–Kier alpha value is -3.29. The van der Waals surface area contributed by atoms with E-state index in [2.05, 4.69) is 25.1 Å². The van der Waals surface area contributed by atoms with Crippen LogP contribution in [-0.4, -0.2) is 36.7 Å². The van der Waals surface area contributed by atoms with Crippen molar-refractivity contribution in [3.05, 3.63) is 48.7 Å². The highest BCUT2D eigenvalue weighted by molar-refractivity contribution is 5.70. The van der Waals surface area contributed by atoms with Gasteiger partial charge in [0, 0.05) is 26.4 Å². The molecule has 0 saturated heterocycles. The normalized spacial score (nSPS) is 11.1. The van der Waals surface area contributed by atoms with Crippen molar-refractivity contribution >= 4 is 17.1 Å². The molecule has 4 aromatic heterocycles. The number of hydrogen-bond acceptors (Lipinski definition) is 7. The monoisotopic (exact) mass is 321 g/mol. The number of anilines is 1. The van der Waals surface area contributed by atoms with Crippen molar-refractivity contribution in [2.24, 2.45) is 7.05 Å². The zero-order valence-electron chi connectivity index (χ0n) is 13.3. The Balaban J connectivity index is 1.55. The van der Waals surface area contributed by atoms with Gasteiger partial charge in [-0.25, -0.2) is 9.97 Å². The number of imidazole rings is 1. The molecule has 0 spiro atoms. The van der Waals surface area contributed by atoms with E-state index in [1.165, 1.54) is 0 Å². The van der Waals surface area contributed by atoms with Gasteiger partial charge in [0.25, 0.3) is 0 Å². The number of fused-ring (bicyclic) bond motifs is 1. The molecule has 0 radical (unpaired) electrons. The van der Waals surface area contributed by atoms with Crippen molar-refractivity contribution in [3.8, 4) is 11.4 Å². The van der Waals surface area contributed by atoms with Crippen LogP contribution in [0.25, 0.3) is 22.6 Å². The molecule has 8 heteroatoms. The summed E-state index contributed by atoms with van der Waals surface area (Å²) < 4.78 is 7.28. The highest BCUT2D eigenvalue weighted by Gasteiger charge is 2.13. The predicted molar refractivity (Wildman–Crippen MR) is 88.1 cm³/mol. The third kappa shape index (κ3) is 2.58. The smallest absolute Gasteiger partial charge is 0.227 e. The van der Waals surface area contributed by atoms with E-state index in [0.29, 0.717) is 29.6 Å². The summed E-state index contributed by atoms with van der Waals surface area (Å²) in [4.78, 5) is 19.2. The molecule has 0 amide bonds. The summed E-state index contributed by atoms with van der Waals surface area (Å²) in [5, 5.41) is 4.07. The van der Waals surface area contributed by atoms with Crippen LogP contribution in [0.15, 0.2) is 47.5 Å². The van der Waals surface area contributed by atoms with E-state index in [-0.39, 0.29) is 0 Å². The molecule has 0 aliphatic carbocycles. The zero-order valence-corrected chi connectivity index (χ0v) is 13.3. The van der Waals surface area contributed by atoms with Crippen LogP contribution < -0.4 is 4.90 Å². The average Bonchev–Trinajstić information content (AvgIpc) is 3.22. The molecule has 0 N–H and O–H groups in total. The Morgan fingerprint density at radius 2 is 2.08 bits per heavy atom. The molecule has 0 fully saturated rings. The molecule has 120 valence electrons. The molecule has 0 atom stereocenters. The lowest BCUT2D eigenvalue weighted by atomic mass is 10.2. The van der Waals surface area contributed by atoms with Crippen molar-refractivity contribution in [1.29, 1.82) is 0 Å². The fourth-order valence-corrected chi connectivity index (χ4v) is 2.42. The Bertz CT molecular complexity index is 976. The van der Waals surface area contributed by atoms with E-state index >= 15 is 0 Å². The Kier molecular flexibility index (Phi) is 3.42. The molecule has 24 heavy (non-hydrogen) atoms. The predicted octanol–water partition coefficient (Wildman–Crippen LogP) is 2.05. The first-order valence-electron chi connectivity index (χ1n) is 7.43. The molecule has 4 rings (SSSR count). The molecule has 0 aliphatic rings. The van der Waals surface area contributed by atoms with Gasteiger partial charge in [-0.3, -0.25) is 4.98 Å². The lowest BCUT2D eigenvalue weighted by molar-refractivity contribution is 0.384. The van der Waals surface area contributed by atoms with Gasteiger partial charge in [0.1, 0.15) is 11.2 Å². The lowest BCUT2D eigenvalue weighted by Crippen LogP contribution is -2.18. The van der Waals surface area contributed by atoms with Gasteiger partial charge in [0.05, 0.1) is 24.8 Å². The lowest BCUT2D eigenvalue weighted by Gasteiger charge is -2.14. The fraction of sp³-hybridized carbons (Fsp3) is 0.188. The molecule has 0 aliphatic heterocycles. The van der Waals surface area contributed by atoms with Crippen LogP contribution in [0.3, 0.4) is 0 Å². The van der Waals surface area contributed by atoms with Gasteiger partial charge in [-0.05, 0) is 12.1 Å². The van der Waals surface area contributed by atoms with Gasteiger partial charge in [-0.2, -0.15) is 4.98 Å². The highest BCUT2D eigenvalue weighted by Crippen LogP contribution is 2.19. The van der Waals surface area contributed by atoms with E-state index in [9.17, 15) is 0 Å². The van der Waals surface area contributed by atoms with Crippen LogP contribution in [0.4, 0.5) is 5.95 Å². The Morgan fingerprint density at radius 1 is 1.17 bits per heavy atom. The quantitative estimate of drug-likeness (QED) is 0.568. The minimum Gasteiger partial charge on any atom is -0.359 e. The van der Waals surface area contributed by atoms with E-state index in [4.69, 9.17) is 4.52 Å². The minimum absolute atomic E-state index is 0.498. The van der Waals surface area contributed by atoms with Gasteiger partial charge >= 0.3 is 0 Å². The summed E-state index contributed by atoms with van der Waals surface area (Å²) in [7, 11) is 3.81. The van der Waals surface area contributed by atoms with E-state index in [1.807, 2.05) is 47.8 Å². The second-order valence-corrected chi connectivity index (χ2v) is 5.48. The second kappa shape index (κ2) is 5.73. The maximum Gasteiger partial charge on any atom is 0.227 e. The molecular weight excluding hydrogens is 306 g/mol. The Labute approximate surface area is 137 Å². The average molecular weight is 321 g/mol. The fourth-order valence-electron chi connectivity index (χ4n) is 2.42. The third-order valence-electron chi connectivity index (χ3n) is 3.69. The minimum atomic E-state index is 0.498. The van der Waals surface area contributed by atoms with Crippen molar-refractivity contribution in [1.82, 2.24) is 29.7 Å². The van der Waals surface area contributed by atoms with E-state index < -0.39 is 0 Å². The van der Waals surface area contributed by atoms with Crippen LogP contribution in [0.1, 0.15) is 5.76 Å². The van der Waals surface area contributed by atoms with Crippen LogP contribution in [0, 0.1) is 0 Å². The van der Waals surface area contributed by atoms with Gasteiger partial charge in [0.2, 0.25) is 5.95 Å². The summed E-state index contributed by atoms with van der Waals surface area (Å²) in [6.45, 7) is 0.498. The number of nitrogens with zero attached hydrogens (tertiary/aromatic N) is 7. The third-order valence-corrected chi connectivity index (χ3v) is 3.69. The summed E-state index contributed by atoms with van der Waals surface area (Å²) in [5.41, 5.74) is 3.05. The highest BCUT2D eigenvalue weighted by atomic mass is 16.5. The molecule has 4 aromatic rings. The van der Waals surface area contributed by atoms with Crippen molar-refractivity contribution in [3.63, 3.8) is 0 Å². The summed E-state index contributed by atoms with van der Waals surface area (Å²) in [5.74, 6) is 1.29. The van der Waals surface area contributed by atoms with Crippen molar-refractivity contribution in [2.45, 2.75) is 6.54 Å². The van der Waals surface area contributed by atoms with Gasteiger partial charge in [0.15, 0.2) is 11.4 Å².